The lowest BCUT2D eigenvalue weighted by Crippen LogP contribution is -2.46. The van der Waals surface area contributed by atoms with Crippen molar-refractivity contribution in [3.05, 3.63) is 70.5 Å². The number of nitrogens with zero attached hydrogens (tertiary/aromatic N) is 5. The summed E-state index contributed by atoms with van der Waals surface area (Å²) in [5.74, 6) is 0.547. The number of amides is 1. The quantitative estimate of drug-likeness (QED) is 0.312. The van der Waals surface area contributed by atoms with Gasteiger partial charge in [0.2, 0.25) is 5.95 Å². The van der Waals surface area contributed by atoms with E-state index in [4.69, 9.17) is 4.98 Å². The number of benzene rings is 2. The average molecular weight is 499 g/mol. The molecule has 0 fully saturated rings. The SMILES string of the molecule is CCCCC(CNC(=O)c1ccc2[nH]nnc2c1)N1CCc2nc(Nc3cc(C)cc(C)c3)ncc2C1. The number of unbranched alkanes of at least 4 members (excludes halogenated alkanes) is 1. The summed E-state index contributed by atoms with van der Waals surface area (Å²) < 4.78 is 0. The molecular weight excluding hydrogens is 464 g/mol. The molecule has 192 valence electrons. The van der Waals surface area contributed by atoms with Gasteiger partial charge in [-0.05, 0) is 61.7 Å². The molecule has 2 aromatic heterocycles. The molecule has 1 aliphatic heterocycles. The van der Waals surface area contributed by atoms with Gasteiger partial charge >= 0.3 is 0 Å². The Bertz CT molecular complexity index is 1380. The third-order valence-corrected chi connectivity index (χ3v) is 6.93. The van der Waals surface area contributed by atoms with Crippen molar-refractivity contribution in [2.75, 3.05) is 18.4 Å². The van der Waals surface area contributed by atoms with Gasteiger partial charge in [-0.1, -0.05) is 31.0 Å². The first-order valence-corrected chi connectivity index (χ1v) is 13.0. The first-order chi connectivity index (χ1) is 18.0. The highest BCUT2D eigenvalue weighted by Gasteiger charge is 2.25. The minimum atomic E-state index is -0.0887. The van der Waals surface area contributed by atoms with Crippen LogP contribution in [0.25, 0.3) is 11.0 Å². The summed E-state index contributed by atoms with van der Waals surface area (Å²) in [4.78, 5) is 24.8. The highest BCUT2D eigenvalue weighted by molar-refractivity contribution is 5.97. The number of hydrogen-bond donors (Lipinski definition) is 3. The molecule has 9 heteroatoms. The Balaban J connectivity index is 1.24. The minimum Gasteiger partial charge on any atom is -0.350 e. The van der Waals surface area contributed by atoms with Crippen molar-refractivity contribution >= 4 is 28.6 Å². The van der Waals surface area contributed by atoms with Gasteiger partial charge in [0.1, 0.15) is 5.52 Å². The third kappa shape index (κ3) is 5.94. The van der Waals surface area contributed by atoms with Gasteiger partial charge in [0.25, 0.3) is 5.91 Å². The number of aromatic nitrogens is 5. The maximum Gasteiger partial charge on any atom is 0.251 e. The first kappa shape index (κ1) is 24.8. The van der Waals surface area contributed by atoms with Crippen molar-refractivity contribution in [1.29, 1.82) is 0 Å². The molecular formula is C28H34N8O. The van der Waals surface area contributed by atoms with Crippen molar-refractivity contribution in [2.24, 2.45) is 0 Å². The van der Waals surface area contributed by atoms with E-state index in [1.165, 1.54) is 11.1 Å². The fourth-order valence-electron chi connectivity index (χ4n) is 5.03. The van der Waals surface area contributed by atoms with Crippen molar-refractivity contribution < 1.29 is 4.79 Å². The molecule has 1 atom stereocenters. The number of rotatable bonds is 9. The normalized spacial score (nSPS) is 14.4. The summed E-state index contributed by atoms with van der Waals surface area (Å²) in [6.45, 7) is 8.67. The molecule has 0 aliphatic carbocycles. The molecule has 0 radical (unpaired) electrons. The molecule has 1 unspecified atom stereocenters. The predicted molar refractivity (Wildman–Crippen MR) is 145 cm³/mol. The zero-order chi connectivity index (χ0) is 25.8. The Morgan fingerprint density at radius 3 is 2.81 bits per heavy atom. The van der Waals surface area contributed by atoms with Crippen LogP contribution in [0.15, 0.2) is 42.6 Å². The van der Waals surface area contributed by atoms with Crippen LogP contribution >= 0.6 is 0 Å². The molecule has 3 heterocycles. The standard InChI is InChI=1S/C28H34N8O/c1-4-5-6-23(16-29-27(37)20-7-8-25-26(14-20)34-35-33-25)36-10-9-24-21(17-36)15-30-28(32-24)31-22-12-18(2)11-19(3)13-22/h7-8,11-15,23H,4-6,9-10,16-17H2,1-3H3,(H,29,37)(H,30,31,32)(H,33,34,35). The molecule has 0 bridgehead atoms. The average Bonchev–Trinajstić information content (AvgIpc) is 3.36. The second-order valence-electron chi connectivity index (χ2n) is 9.94. The van der Waals surface area contributed by atoms with E-state index in [1.807, 2.05) is 12.3 Å². The van der Waals surface area contributed by atoms with E-state index in [0.29, 0.717) is 23.6 Å². The summed E-state index contributed by atoms with van der Waals surface area (Å²) in [7, 11) is 0. The summed E-state index contributed by atoms with van der Waals surface area (Å²) >= 11 is 0. The highest BCUT2D eigenvalue weighted by Crippen LogP contribution is 2.23. The van der Waals surface area contributed by atoms with Crippen LogP contribution in [0, 0.1) is 13.8 Å². The van der Waals surface area contributed by atoms with Crippen LogP contribution in [0.4, 0.5) is 11.6 Å². The van der Waals surface area contributed by atoms with Crippen LogP contribution in [0.1, 0.15) is 58.9 Å². The van der Waals surface area contributed by atoms with Crippen molar-refractivity contribution in [1.82, 2.24) is 35.6 Å². The number of aryl methyl sites for hydroxylation is 2. The zero-order valence-corrected chi connectivity index (χ0v) is 21.7. The lowest BCUT2D eigenvalue weighted by molar-refractivity contribution is 0.0923. The van der Waals surface area contributed by atoms with Gasteiger partial charge in [0.15, 0.2) is 0 Å². The number of carbonyl (C=O) groups is 1. The van der Waals surface area contributed by atoms with Gasteiger partial charge in [-0.15, -0.1) is 5.10 Å². The van der Waals surface area contributed by atoms with Gasteiger partial charge in [-0.3, -0.25) is 14.8 Å². The van der Waals surface area contributed by atoms with E-state index < -0.39 is 0 Å². The number of hydrogen-bond acceptors (Lipinski definition) is 7. The monoisotopic (exact) mass is 498 g/mol. The lowest BCUT2D eigenvalue weighted by Gasteiger charge is -2.35. The van der Waals surface area contributed by atoms with Crippen molar-refractivity contribution in [3.8, 4) is 0 Å². The Morgan fingerprint density at radius 2 is 2.00 bits per heavy atom. The van der Waals surface area contributed by atoms with Gasteiger partial charge in [-0.25, -0.2) is 9.97 Å². The Kier molecular flexibility index (Phi) is 7.41. The van der Waals surface area contributed by atoms with E-state index in [9.17, 15) is 4.79 Å². The second-order valence-corrected chi connectivity index (χ2v) is 9.94. The summed E-state index contributed by atoms with van der Waals surface area (Å²) in [6, 6.07) is 12.0. The van der Waals surface area contributed by atoms with Crippen LogP contribution < -0.4 is 10.6 Å². The largest absolute Gasteiger partial charge is 0.350 e. The van der Waals surface area contributed by atoms with E-state index in [2.05, 4.69) is 74.9 Å². The number of H-pyrrole nitrogens is 1. The highest BCUT2D eigenvalue weighted by atomic mass is 16.1. The number of aromatic amines is 1. The third-order valence-electron chi connectivity index (χ3n) is 6.93. The first-order valence-electron chi connectivity index (χ1n) is 13.0. The lowest BCUT2D eigenvalue weighted by atomic mass is 10.0. The van der Waals surface area contributed by atoms with E-state index in [-0.39, 0.29) is 11.9 Å². The minimum absolute atomic E-state index is 0.0887. The van der Waals surface area contributed by atoms with Gasteiger partial charge < -0.3 is 10.6 Å². The molecule has 0 saturated heterocycles. The molecule has 1 amide bonds. The molecule has 0 saturated carbocycles. The van der Waals surface area contributed by atoms with Crippen LogP contribution in [-0.4, -0.2) is 55.3 Å². The predicted octanol–water partition coefficient (Wildman–Crippen LogP) is 4.46. The molecule has 4 aromatic rings. The van der Waals surface area contributed by atoms with E-state index >= 15 is 0 Å². The Morgan fingerprint density at radius 1 is 1.16 bits per heavy atom. The molecule has 1 aliphatic rings. The van der Waals surface area contributed by atoms with Gasteiger partial charge in [0, 0.05) is 55.1 Å². The summed E-state index contributed by atoms with van der Waals surface area (Å²) in [6.07, 6.45) is 6.07. The van der Waals surface area contributed by atoms with Crippen molar-refractivity contribution in [2.45, 2.75) is 59.0 Å². The molecule has 37 heavy (non-hydrogen) atoms. The number of nitrogens with one attached hydrogen (secondary N) is 3. The number of fused-ring (bicyclic) bond motifs is 2. The summed E-state index contributed by atoms with van der Waals surface area (Å²) in [5.41, 5.74) is 7.77. The number of carbonyl (C=O) groups excluding carboxylic acids is 1. The fraction of sp³-hybridized carbons (Fsp3) is 0.393. The van der Waals surface area contributed by atoms with Crippen LogP contribution in [-0.2, 0) is 13.0 Å². The van der Waals surface area contributed by atoms with Gasteiger partial charge in [-0.2, -0.15) is 0 Å². The van der Waals surface area contributed by atoms with Crippen molar-refractivity contribution in [3.63, 3.8) is 0 Å². The molecule has 3 N–H and O–H groups in total. The molecule has 9 nitrogen and oxygen atoms in total. The molecule has 0 spiro atoms. The van der Waals surface area contributed by atoms with Gasteiger partial charge in [0.05, 0.1) is 11.2 Å². The molecule has 5 rings (SSSR count). The number of anilines is 2. The fourth-order valence-corrected chi connectivity index (χ4v) is 5.03. The van der Waals surface area contributed by atoms with E-state index in [0.717, 1.165) is 61.2 Å². The van der Waals surface area contributed by atoms with Crippen LogP contribution in [0.3, 0.4) is 0 Å². The topological polar surface area (TPSA) is 112 Å². The second kappa shape index (κ2) is 11.0. The van der Waals surface area contributed by atoms with Crippen LogP contribution in [0.5, 0.6) is 0 Å². The maximum absolute atomic E-state index is 12.9. The Hall–Kier alpha value is -3.85. The maximum atomic E-state index is 12.9. The zero-order valence-electron chi connectivity index (χ0n) is 21.7. The summed E-state index contributed by atoms with van der Waals surface area (Å²) in [5, 5.41) is 17.1. The van der Waals surface area contributed by atoms with E-state index in [1.54, 1.807) is 12.1 Å². The smallest absolute Gasteiger partial charge is 0.251 e. The Labute approximate surface area is 217 Å². The molecule has 2 aromatic carbocycles. The van der Waals surface area contributed by atoms with Crippen LogP contribution in [0.2, 0.25) is 0 Å².